The lowest BCUT2D eigenvalue weighted by atomic mass is 9.76. The fraction of sp³-hybridized carbons (Fsp3) is 0.442. The second-order valence-electron chi connectivity index (χ2n) is 15.8. The zero-order valence-corrected chi connectivity index (χ0v) is 37.2. The number of nitrogens with zero attached hydrogens (tertiary/aromatic N) is 3. The van der Waals surface area contributed by atoms with E-state index in [0.29, 0.717) is 52.0 Å². The van der Waals surface area contributed by atoms with Crippen molar-refractivity contribution in [2.45, 2.75) is 112 Å². The summed E-state index contributed by atoms with van der Waals surface area (Å²) in [4.78, 5) is 50.2. The Morgan fingerprint density at radius 1 is 0.864 bits per heavy atom. The maximum absolute atomic E-state index is 12.6. The minimum absolute atomic E-state index is 0.0176. The largest absolute Gasteiger partial charge is 0.375 e. The molecule has 0 aliphatic carbocycles. The molecule has 2 amide bonds. The van der Waals surface area contributed by atoms with E-state index in [-0.39, 0.29) is 31.3 Å². The molecule has 3 unspecified atom stereocenters. The van der Waals surface area contributed by atoms with Crippen molar-refractivity contribution in [2.24, 2.45) is 4.99 Å². The average molecular weight is 884 g/mol. The van der Waals surface area contributed by atoms with Crippen LogP contribution in [0.2, 0.25) is 0 Å². The minimum atomic E-state index is -0.731. The highest BCUT2D eigenvalue weighted by Crippen LogP contribution is 2.54. The Morgan fingerprint density at radius 2 is 1.46 bits per heavy atom. The lowest BCUT2D eigenvalue weighted by molar-refractivity contribution is -0.199. The molecule has 3 atom stereocenters. The molecular weight excluding hydrogens is 831 g/mol. The summed E-state index contributed by atoms with van der Waals surface area (Å²) in [5.74, 6) is -0.626. The molecule has 1 saturated heterocycles. The molecule has 0 aromatic heterocycles. The van der Waals surface area contributed by atoms with E-state index in [1.165, 1.54) is 0 Å². The van der Waals surface area contributed by atoms with E-state index in [9.17, 15) is 32.6 Å². The van der Waals surface area contributed by atoms with Gasteiger partial charge in [0.05, 0.1) is 36.1 Å². The van der Waals surface area contributed by atoms with Gasteiger partial charge in [0.15, 0.2) is 0 Å². The van der Waals surface area contributed by atoms with Gasteiger partial charge in [0.25, 0.3) is 11.8 Å². The number of carbonyl (C=O) groups excluding carboxylic acids is 3. The van der Waals surface area contributed by atoms with Crippen molar-refractivity contribution in [3.63, 3.8) is 0 Å². The molecule has 5 rings (SSSR count). The molecule has 12 nitrogen and oxygen atoms in total. The van der Waals surface area contributed by atoms with Gasteiger partial charge < -0.3 is 32.7 Å². The summed E-state index contributed by atoms with van der Waals surface area (Å²) in [6.07, 6.45) is 16.2. The van der Waals surface area contributed by atoms with Crippen LogP contribution in [0.4, 0.5) is 11.4 Å². The fourth-order valence-corrected chi connectivity index (χ4v) is 9.00. The first-order chi connectivity index (χ1) is 28.2. The molecule has 2 aromatic carbocycles. The number of hydrogen-bond acceptors (Lipinski definition) is 15. The lowest BCUT2D eigenvalue weighted by Crippen LogP contribution is -2.48. The van der Waals surface area contributed by atoms with Crippen LogP contribution in [0.5, 0.6) is 0 Å². The molecule has 3 aliphatic rings. The van der Waals surface area contributed by atoms with Gasteiger partial charge >= 0.3 is 5.97 Å². The number of rotatable bonds is 21. The molecule has 2 aromatic rings. The van der Waals surface area contributed by atoms with Gasteiger partial charge in [-0.1, -0.05) is 30.4 Å². The van der Waals surface area contributed by atoms with Crippen LogP contribution in [0.25, 0.3) is 0 Å². The molecule has 16 heteroatoms. The number of fused-ring (bicyclic) bond motifs is 2. The number of hydroxylamine groups is 2. The maximum Gasteiger partial charge on any atom is 0.335 e. The third kappa shape index (κ3) is 11.0. The predicted molar refractivity (Wildman–Crippen MR) is 240 cm³/mol. The van der Waals surface area contributed by atoms with E-state index in [0.717, 1.165) is 82.2 Å². The number of amides is 2. The van der Waals surface area contributed by atoms with E-state index in [1.807, 2.05) is 72.9 Å². The smallest absolute Gasteiger partial charge is 0.335 e. The molecule has 318 valence electrons. The SMILES string of the molecule is CC(CC(=O)ON1C(=O)CCC1=O)OCC(C)(C)N1/C(=C/C=C/C=C/C=C/C2=Nc3ccc(SO)cc3C2(C)CCCSO)C(C)(CCCSO)c2cc(SO)ccc21. The number of imide groups is 1. The summed E-state index contributed by atoms with van der Waals surface area (Å²) in [7, 11) is 0. The molecule has 59 heavy (non-hydrogen) atoms. The van der Waals surface area contributed by atoms with Crippen molar-refractivity contribution in [3.8, 4) is 0 Å². The van der Waals surface area contributed by atoms with Crippen LogP contribution in [0.1, 0.15) is 90.7 Å². The summed E-state index contributed by atoms with van der Waals surface area (Å²) in [6.45, 7) is 10.4. The zero-order chi connectivity index (χ0) is 42.8. The van der Waals surface area contributed by atoms with Crippen LogP contribution in [0.15, 0.2) is 99.4 Å². The average Bonchev–Trinajstić information content (AvgIpc) is 3.78. The number of hydrogen-bond donors (Lipinski definition) is 4. The van der Waals surface area contributed by atoms with Crippen molar-refractivity contribution >= 4 is 83.0 Å². The summed E-state index contributed by atoms with van der Waals surface area (Å²) in [6, 6.07) is 11.7. The Kier molecular flexibility index (Phi) is 16.6. The molecule has 0 radical (unpaired) electrons. The Bertz CT molecular complexity index is 2000. The number of anilines is 1. The first-order valence-electron chi connectivity index (χ1n) is 19.5. The molecular formula is C43H53N3O9S4. The number of carbonyl (C=O) groups is 3. The van der Waals surface area contributed by atoms with Crippen molar-refractivity contribution in [1.29, 1.82) is 0 Å². The summed E-state index contributed by atoms with van der Waals surface area (Å²) in [5.41, 5.74) is 4.30. The minimum Gasteiger partial charge on any atom is -0.375 e. The van der Waals surface area contributed by atoms with Crippen LogP contribution in [-0.2, 0) is 34.8 Å². The lowest BCUT2D eigenvalue weighted by Gasteiger charge is -2.41. The highest BCUT2D eigenvalue weighted by Gasteiger charge is 2.48. The molecule has 3 aliphatic heterocycles. The third-order valence-corrected chi connectivity index (χ3v) is 12.8. The molecule has 1 fully saturated rings. The van der Waals surface area contributed by atoms with Gasteiger partial charge in [-0.05, 0) is 144 Å². The Balaban J connectivity index is 1.37. The third-order valence-electron chi connectivity index (χ3n) is 10.9. The Morgan fingerprint density at radius 3 is 2.10 bits per heavy atom. The molecule has 0 bridgehead atoms. The molecule has 3 heterocycles. The van der Waals surface area contributed by atoms with Crippen molar-refractivity contribution in [2.75, 3.05) is 23.0 Å². The van der Waals surface area contributed by atoms with E-state index in [4.69, 9.17) is 14.6 Å². The number of aliphatic imine (C=N–C) groups is 1. The normalized spacial score (nSPS) is 21.8. The number of ether oxygens (including phenoxy) is 1. The van der Waals surface area contributed by atoms with Crippen molar-refractivity contribution in [1.82, 2.24) is 5.06 Å². The van der Waals surface area contributed by atoms with Crippen LogP contribution < -0.4 is 4.90 Å². The van der Waals surface area contributed by atoms with E-state index >= 15 is 0 Å². The van der Waals surface area contributed by atoms with Crippen LogP contribution in [-0.4, -0.2) is 76.5 Å². The molecule has 4 N–H and O–H groups in total. The van der Waals surface area contributed by atoms with Gasteiger partial charge in [0.2, 0.25) is 0 Å². The second-order valence-corrected chi connectivity index (χ2v) is 18.4. The van der Waals surface area contributed by atoms with Crippen molar-refractivity contribution < 1.29 is 42.2 Å². The Hall–Kier alpha value is -3.32. The zero-order valence-electron chi connectivity index (χ0n) is 34.0. The Labute approximate surface area is 364 Å². The number of benzene rings is 2. The highest BCUT2D eigenvalue weighted by atomic mass is 32.2. The van der Waals surface area contributed by atoms with Gasteiger partial charge in [0.1, 0.15) is 0 Å². The van der Waals surface area contributed by atoms with Gasteiger partial charge in [-0.2, -0.15) is 0 Å². The summed E-state index contributed by atoms with van der Waals surface area (Å²) < 4.78 is 45.0. The van der Waals surface area contributed by atoms with E-state index in [1.54, 1.807) is 6.92 Å². The molecule has 0 saturated carbocycles. The topological polar surface area (TPSA) is 169 Å². The van der Waals surface area contributed by atoms with Crippen molar-refractivity contribution in [3.05, 3.63) is 95.8 Å². The maximum atomic E-state index is 12.6. The monoisotopic (exact) mass is 883 g/mol. The predicted octanol–water partition coefficient (Wildman–Crippen LogP) is 10.6. The summed E-state index contributed by atoms with van der Waals surface area (Å²) >= 11 is 3.05. The quantitative estimate of drug-likeness (QED) is 0.0404. The van der Waals surface area contributed by atoms with E-state index in [2.05, 4.69) is 38.7 Å². The van der Waals surface area contributed by atoms with Gasteiger partial charge in [-0.15, -0.1) is 5.06 Å². The van der Waals surface area contributed by atoms with E-state index < -0.39 is 34.8 Å². The van der Waals surface area contributed by atoms with Gasteiger partial charge in [-0.25, -0.2) is 4.79 Å². The van der Waals surface area contributed by atoms with Gasteiger partial charge in [-0.3, -0.25) is 14.6 Å². The molecule has 0 spiro atoms. The van der Waals surface area contributed by atoms with Crippen LogP contribution >= 0.6 is 48.2 Å². The number of allylic oxidation sites excluding steroid dienone is 8. The first kappa shape index (κ1) is 46.7. The standard InChI is InChI=1S/C43H53N3O9S4/c1-29(25-40(49)55-46-38(47)19-20-39(46)48)54-28-41(2,3)45-35-18-16-31(59-53)27-33(35)43(5,22-12-24-57-51)37(45)14-10-8-6-7-9-13-36-42(4,21-11-23-56-50)32-26-30(58-52)15-17-34(32)44-36/h6-10,13-18,26-27,29,50-53H,11-12,19-25,28H2,1-5H3/b7-6+,10-8+,13-9+,37-14+. The van der Waals surface area contributed by atoms with Crippen LogP contribution in [0.3, 0.4) is 0 Å². The highest BCUT2D eigenvalue weighted by molar-refractivity contribution is 7.94. The van der Waals surface area contributed by atoms with Gasteiger partial charge in [0, 0.05) is 80.4 Å². The summed E-state index contributed by atoms with van der Waals surface area (Å²) in [5, 5.41) is 0.542. The second kappa shape index (κ2) is 21.0. The first-order valence-corrected chi connectivity index (χ1v) is 22.9. The van der Waals surface area contributed by atoms with Crippen LogP contribution in [0, 0.1) is 0 Å². The fourth-order valence-electron chi connectivity index (χ4n) is 7.85.